The molecule has 6 nitrogen and oxygen atoms in total. The van der Waals surface area contributed by atoms with Gasteiger partial charge < -0.3 is 21.1 Å². The molecule has 6 heteroatoms. The van der Waals surface area contributed by atoms with E-state index in [1.807, 2.05) is 20.8 Å². The number of hydrogen-bond donors (Lipinski definition) is 3. The van der Waals surface area contributed by atoms with Crippen LogP contribution in [0.2, 0.25) is 0 Å². The molecular weight excluding hydrogens is 270 g/mol. The molecule has 1 rings (SSSR count). The molecule has 4 N–H and O–H groups in total. The molecule has 21 heavy (non-hydrogen) atoms. The van der Waals surface area contributed by atoms with Crippen LogP contribution in [-0.4, -0.2) is 31.6 Å². The van der Waals surface area contributed by atoms with Gasteiger partial charge in [0, 0.05) is 18.5 Å². The van der Waals surface area contributed by atoms with Crippen LogP contribution < -0.4 is 16.4 Å². The lowest BCUT2D eigenvalue weighted by Gasteiger charge is -2.25. The van der Waals surface area contributed by atoms with Gasteiger partial charge in [-0.1, -0.05) is 26.8 Å². The first-order chi connectivity index (χ1) is 9.74. The molecule has 0 heterocycles. The fourth-order valence-electron chi connectivity index (χ4n) is 1.62. The van der Waals surface area contributed by atoms with Gasteiger partial charge in [0.1, 0.15) is 6.61 Å². The molecule has 2 amide bonds. The molecule has 1 aromatic carbocycles. The minimum atomic E-state index is -0.621. The van der Waals surface area contributed by atoms with Crippen molar-refractivity contribution in [3.63, 3.8) is 0 Å². The van der Waals surface area contributed by atoms with Crippen LogP contribution in [0.3, 0.4) is 0 Å². The number of carbonyl (C=O) groups is 2. The number of anilines is 2. The summed E-state index contributed by atoms with van der Waals surface area (Å²) in [6.45, 7) is 5.68. The maximum atomic E-state index is 12.1. The van der Waals surface area contributed by atoms with Gasteiger partial charge in [-0.05, 0) is 23.6 Å². The van der Waals surface area contributed by atoms with Crippen LogP contribution in [0.15, 0.2) is 24.3 Å². The number of nitrogens with one attached hydrogen (secondary N) is 2. The van der Waals surface area contributed by atoms with E-state index in [2.05, 4.69) is 10.6 Å². The van der Waals surface area contributed by atoms with Gasteiger partial charge in [-0.25, -0.2) is 0 Å². The second kappa shape index (κ2) is 7.19. The maximum absolute atomic E-state index is 12.1. The summed E-state index contributed by atoms with van der Waals surface area (Å²) < 4.78 is 4.74. The van der Waals surface area contributed by atoms with Crippen molar-refractivity contribution < 1.29 is 14.3 Å². The van der Waals surface area contributed by atoms with Crippen LogP contribution >= 0.6 is 0 Å². The average molecular weight is 293 g/mol. The molecule has 0 fully saturated rings. The lowest BCUT2D eigenvalue weighted by molar-refractivity contribution is -0.120. The third-order valence-corrected chi connectivity index (χ3v) is 2.90. The predicted molar refractivity (Wildman–Crippen MR) is 83.0 cm³/mol. The lowest BCUT2D eigenvalue weighted by atomic mass is 9.87. The largest absolute Gasteiger partial charge is 0.375 e. The summed E-state index contributed by atoms with van der Waals surface area (Å²) in [7, 11) is 1.45. The summed E-state index contributed by atoms with van der Waals surface area (Å²) >= 11 is 0. The van der Waals surface area contributed by atoms with Crippen LogP contribution in [0.1, 0.15) is 20.8 Å². The van der Waals surface area contributed by atoms with Gasteiger partial charge >= 0.3 is 0 Å². The molecule has 1 atom stereocenters. The number of nitrogens with two attached hydrogens (primary N) is 1. The molecule has 0 aliphatic rings. The van der Waals surface area contributed by atoms with E-state index in [0.29, 0.717) is 11.4 Å². The zero-order valence-corrected chi connectivity index (χ0v) is 12.9. The summed E-state index contributed by atoms with van der Waals surface area (Å²) in [4.78, 5) is 23.5. The zero-order chi connectivity index (χ0) is 16.0. The molecule has 0 saturated carbocycles. The minimum absolute atomic E-state index is 0.0223. The third-order valence-electron chi connectivity index (χ3n) is 2.90. The highest BCUT2D eigenvalue weighted by Crippen LogP contribution is 2.20. The molecule has 0 bridgehead atoms. The number of hydrogen-bond acceptors (Lipinski definition) is 4. The Morgan fingerprint density at radius 2 is 1.81 bits per heavy atom. The fraction of sp³-hybridized carbons (Fsp3) is 0.467. The Bertz CT molecular complexity index is 509. The third kappa shape index (κ3) is 5.53. The second-order valence-electron chi connectivity index (χ2n) is 5.89. The summed E-state index contributed by atoms with van der Waals surface area (Å²) in [6, 6.07) is 6.25. The summed E-state index contributed by atoms with van der Waals surface area (Å²) in [5.41, 5.74) is 6.74. The smallest absolute Gasteiger partial charge is 0.250 e. The van der Waals surface area contributed by atoms with E-state index in [-0.39, 0.29) is 23.8 Å². The van der Waals surface area contributed by atoms with Gasteiger partial charge in [-0.15, -0.1) is 0 Å². The first-order valence-corrected chi connectivity index (χ1v) is 6.69. The molecule has 0 spiro atoms. The normalized spacial score (nSPS) is 12.6. The zero-order valence-electron chi connectivity index (χ0n) is 12.9. The van der Waals surface area contributed by atoms with Crippen LogP contribution in [0.25, 0.3) is 0 Å². The lowest BCUT2D eigenvalue weighted by Crippen LogP contribution is -2.45. The van der Waals surface area contributed by atoms with Crippen LogP contribution in [0.4, 0.5) is 11.4 Å². The first-order valence-electron chi connectivity index (χ1n) is 6.69. The van der Waals surface area contributed by atoms with Crippen molar-refractivity contribution in [2.24, 2.45) is 11.1 Å². The predicted octanol–water partition coefficient (Wildman–Crippen LogP) is 1.58. The molecule has 116 valence electrons. The minimum Gasteiger partial charge on any atom is -0.375 e. The highest BCUT2D eigenvalue weighted by atomic mass is 16.5. The van der Waals surface area contributed by atoms with E-state index in [1.165, 1.54) is 7.11 Å². The second-order valence-corrected chi connectivity index (χ2v) is 5.89. The molecule has 0 aromatic heterocycles. The van der Waals surface area contributed by atoms with Crippen LogP contribution in [0.5, 0.6) is 0 Å². The van der Waals surface area contributed by atoms with E-state index < -0.39 is 6.04 Å². The van der Waals surface area contributed by atoms with Crippen molar-refractivity contribution in [2.75, 3.05) is 24.4 Å². The Kier molecular flexibility index (Phi) is 5.87. The van der Waals surface area contributed by atoms with Gasteiger partial charge in [0.15, 0.2) is 0 Å². The standard InChI is InChI=1S/C15H23N3O3/c1-15(2,3)13(16)14(20)18-11-7-5-6-10(8-11)17-12(19)9-21-4/h5-8,13H,9,16H2,1-4H3,(H,17,19)(H,18,20)/t13-/m0/s1. The van der Waals surface area contributed by atoms with Crippen LogP contribution in [-0.2, 0) is 14.3 Å². The number of amides is 2. The van der Waals surface area contributed by atoms with E-state index in [9.17, 15) is 9.59 Å². The Morgan fingerprint density at radius 3 is 2.33 bits per heavy atom. The van der Waals surface area contributed by atoms with Gasteiger partial charge in [-0.3, -0.25) is 9.59 Å². The number of benzene rings is 1. The van der Waals surface area contributed by atoms with Crippen molar-refractivity contribution in [3.8, 4) is 0 Å². The fourth-order valence-corrected chi connectivity index (χ4v) is 1.62. The SMILES string of the molecule is COCC(=O)Nc1cccc(NC(=O)[C@H](N)C(C)(C)C)c1. The number of methoxy groups -OCH3 is 1. The molecule has 0 unspecified atom stereocenters. The van der Waals surface area contributed by atoms with Gasteiger partial charge in [0.05, 0.1) is 6.04 Å². The highest BCUT2D eigenvalue weighted by Gasteiger charge is 2.27. The van der Waals surface area contributed by atoms with Gasteiger partial charge in [0.2, 0.25) is 11.8 Å². The van der Waals surface area contributed by atoms with E-state index in [0.717, 1.165) is 0 Å². The summed E-state index contributed by atoms with van der Waals surface area (Å²) in [5.74, 6) is -0.518. The summed E-state index contributed by atoms with van der Waals surface area (Å²) in [5, 5.41) is 5.42. The quantitative estimate of drug-likeness (QED) is 0.768. The Balaban J connectivity index is 2.73. The van der Waals surface area contributed by atoms with Crippen molar-refractivity contribution in [2.45, 2.75) is 26.8 Å². The van der Waals surface area contributed by atoms with Crippen molar-refractivity contribution in [3.05, 3.63) is 24.3 Å². The molecule has 0 aliphatic heterocycles. The Morgan fingerprint density at radius 1 is 1.24 bits per heavy atom. The van der Waals surface area contributed by atoms with Crippen LogP contribution in [0, 0.1) is 5.41 Å². The van der Waals surface area contributed by atoms with E-state index in [4.69, 9.17) is 10.5 Å². The molecule has 1 aromatic rings. The monoisotopic (exact) mass is 293 g/mol. The molecule has 0 aliphatic carbocycles. The number of rotatable bonds is 5. The topological polar surface area (TPSA) is 93.5 Å². The molecule has 0 radical (unpaired) electrons. The van der Waals surface area contributed by atoms with E-state index in [1.54, 1.807) is 24.3 Å². The van der Waals surface area contributed by atoms with Gasteiger partial charge in [-0.2, -0.15) is 0 Å². The van der Waals surface area contributed by atoms with Gasteiger partial charge in [0.25, 0.3) is 0 Å². The highest BCUT2D eigenvalue weighted by molar-refractivity contribution is 5.97. The Labute approximate surface area is 125 Å². The van der Waals surface area contributed by atoms with Crippen molar-refractivity contribution in [1.29, 1.82) is 0 Å². The van der Waals surface area contributed by atoms with Crippen molar-refractivity contribution in [1.82, 2.24) is 0 Å². The van der Waals surface area contributed by atoms with E-state index >= 15 is 0 Å². The number of carbonyl (C=O) groups excluding carboxylic acids is 2. The maximum Gasteiger partial charge on any atom is 0.250 e. The number of ether oxygens (including phenoxy) is 1. The first kappa shape index (κ1) is 17.1. The molecule has 0 saturated heterocycles. The average Bonchev–Trinajstić information content (AvgIpc) is 2.37. The van der Waals surface area contributed by atoms with Crippen molar-refractivity contribution >= 4 is 23.2 Å². The summed E-state index contributed by atoms with van der Waals surface area (Å²) in [6.07, 6.45) is 0. The molecular formula is C15H23N3O3. The Hall–Kier alpha value is -1.92.